The van der Waals surface area contributed by atoms with Crippen LogP contribution in [-0.4, -0.2) is 25.8 Å². The summed E-state index contributed by atoms with van der Waals surface area (Å²) in [6.45, 7) is 2.12. The van der Waals surface area contributed by atoms with Crippen molar-refractivity contribution in [2.45, 2.75) is 18.4 Å². The summed E-state index contributed by atoms with van der Waals surface area (Å²) in [5, 5.41) is 3.11. The molecule has 0 aliphatic carbocycles. The number of carbonyl (C=O) groups is 1. The second-order valence-electron chi connectivity index (χ2n) is 5.82. The molecular formula is C17H18N4O4S. The van der Waals surface area contributed by atoms with Gasteiger partial charge in [0.1, 0.15) is 11.4 Å². The third-order valence-electron chi connectivity index (χ3n) is 3.99. The Labute approximate surface area is 152 Å². The first kappa shape index (κ1) is 18.0. The van der Waals surface area contributed by atoms with Crippen LogP contribution in [0.3, 0.4) is 0 Å². The Bertz CT molecular complexity index is 1080. The van der Waals surface area contributed by atoms with Crippen LogP contribution in [0.15, 0.2) is 43.5 Å². The van der Waals surface area contributed by atoms with Crippen molar-refractivity contribution in [1.82, 2.24) is 19.4 Å². The summed E-state index contributed by atoms with van der Waals surface area (Å²) in [4.78, 5) is 41.6. The van der Waals surface area contributed by atoms with Crippen LogP contribution in [0, 0.1) is 6.92 Å². The highest BCUT2D eigenvalue weighted by molar-refractivity contribution is 8.00. The van der Waals surface area contributed by atoms with Crippen molar-refractivity contribution in [1.29, 1.82) is 0 Å². The van der Waals surface area contributed by atoms with Gasteiger partial charge in [-0.05, 0) is 24.6 Å². The topological polar surface area (TPSA) is 99.1 Å². The predicted molar refractivity (Wildman–Crippen MR) is 98.2 cm³/mol. The zero-order valence-electron chi connectivity index (χ0n) is 14.6. The number of fused-ring (bicyclic) bond motifs is 1. The number of carbonyl (C=O) groups excluding carboxylic acids is 1. The number of nitrogens with one attached hydrogen (secondary N) is 1. The van der Waals surface area contributed by atoms with Crippen LogP contribution in [0.5, 0.6) is 0 Å². The van der Waals surface area contributed by atoms with Gasteiger partial charge in [0.05, 0.1) is 23.9 Å². The van der Waals surface area contributed by atoms with Gasteiger partial charge in [0.2, 0.25) is 5.91 Å². The number of rotatable bonds is 5. The van der Waals surface area contributed by atoms with Gasteiger partial charge in [-0.3, -0.25) is 18.7 Å². The van der Waals surface area contributed by atoms with E-state index >= 15 is 0 Å². The highest BCUT2D eigenvalue weighted by Gasteiger charge is 2.17. The molecule has 136 valence electrons. The standard InChI is InChI=1S/C17H18N4O4S/c1-10-7-19-15-13(16(23)21(3)17(24)20(15)2)14(10)26-9-12(22)18-8-11-5-4-6-25-11/h4-7H,8-9H2,1-3H3,(H,18,22). The molecule has 8 nitrogen and oxygen atoms in total. The van der Waals surface area contributed by atoms with Gasteiger partial charge in [0, 0.05) is 25.2 Å². The van der Waals surface area contributed by atoms with Crippen LogP contribution in [0.1, 0.15) is 11.3 Å². The molecule has 9 heteroatoms. The van der Waals surface area contributed by atoms with E-state index in [1.807, 2.05) is 6.92 Å². The third kappa shape index (κ3) is 3.30. The Balaban J connectivity index is 1.88. The van der Waals surface area contributed by atoms with Crippen molar-refractivity contribution >= 4 is 28.7 Å². The SMILES string of the molecule is Cc1cnc2c(c1SCC(=O)NCc1ccco1)c(=O)n(C)c(=O)n2C. The zero-order chi connectivity index (χ0) is 18.8. The van der Waals surface area contributed by atoms with Gasteiger partial charge in [0.25, 0.3) is 5.56 Å². The Morgan fingerprint density at radius 2 is 2.08 bits per heavy atom. The second-order valence-corrected chi connectivity index (χ2v) is 6.81. The Hall–Kier alpha value is -2.81. The number of nitrogens with zero attached hydrogens (tertiary/aromatic N) is 3. The number of hydrogen-bond donors (Lipinski definition) is 1. The Morgan fingerprint density at radius 1 is 1.31 bits per heavy atom. The van der Waals surface area contributed by atoms with Crippen molar-refractivity contribution in [3.8, 4) is 0 Å². The molecule has 0 fully saturated rings. The number of aromatic nitrogens is 3. The Morgan fingerprint density at radius 3 is 2.77 bits per heavy atom. The van der Waals surface area contributed by atoms with E-state index in [4.69, 9.17) is 4.42 Å². The van der Waals surface area contributed by atoms with Gasteiger partial charge in [-0.25, -0.2) is 9.78 Å². The summed E-state index contributed by atoms with van der Waals surface area (Å²) in [7, 11) is 2.99. The van der Waals surface area contributed by atoms with E-state index in [2.05, 4.69) is 10.3 Å². The van der Waals surface area contributed by atoms with E-state index in [-0.39, 0.29) is 11.7 Å². The van der Waals surface area contributed by atoms with Gasteiger partial charge in [-0.2, -0.15) is 0 Å². The molecule has 26 heavy (non-hydrogen) atoms. The highest BCUT2D eigenvalue weighted by Crippen LogP contribution is 2.27. The maximum atomic E-state index is 12.6. The lowest BCUT2D eigenvalue weighted by molar-refractivity contribution is -0.118. The molecule has 1 amide bonds. The molecule has 0 spiro atoms. The Kier molecular flexibility index (Phi) is 4.99. The van der Waals surface area contributed by atoms with E-state index in [0.29, 0.717) is 28.2 Å². The molecule has 0 bridgehead atoms. The lowest BCUT2D eigenvalue weighted by Crippen LogP contribution is -2.37. The van der Waals surface area contributed by atoms with Crippen molar-refractivity contribution in [3.63, 3.8) is 0 Å². The van der Waals surface area contributed by atoms with E-state index in [1.165, 1.54) is 23.4 Å². The highest BCUT2D eigenvalue weighted by atomic mass is 32.2. The number of amides is 1. The molecule has 0 unspecified atom stereocenters. The minimum atomic E-state index is -0.439. The molecule has 3 aromatic heterocycles. The van der Waals surface area contributed by atoms with Gasteiger partial charge in [-0.1, -0.05) is 0 Å². The van der Waals surface area contributed by atoms with Crippen LogP contribution >= 0.6 is 11.8 Å². The van der Waals surface area contributed by atoms with E-state index < -0.39 is 11.2 Å². The molecule has 0 radical (unpaired) electrons. The number of aryl methyl sites for hydroxylation is 2. The molecule has 0 aromatic carbocycles. The van der Waals surface area contributed by atoms with Crippen LogP contribution in [0.4, 0.5) is 0 Å². The van der Waals surface area contributed by atoms with Gasteiger partial charge < -0.3 is 9.73 Å². The summed E-state index contributed by atoms with van der Waals surface area (Å²) in [5.41, 5.74) is 0.225. The minimum Gasteiger partial charge on any atom is -0.467 e. The largest absolute Gasteiger partial charge is 0.467 e. The van der Waals surface area contributed by atoms with Gasteiger partial charge >= 0.3 is 5.69 Å². The molecule has 0 saturated carbocycles. The average Bonchev–Trinajstić information content (AvgIpc) is 3.15. The van der Waals surface area contributed by atoms with Crippen LogP contribution in [0.25, 0.3) is 11.0 Å². The fourth-order valence-electron chi connectivity index (χ4n) is 2.57. The van der Waals surface area contributed by atoms with Gasteiger partial charge in [-0.15, -0.1) is 11.8 Å². The molecule has 3 rings (SSSR count). The smallest absolute Gasteiger partial charge is 0.332 e. The van der Waals surface area contributed by atoms with Gasteiger partial charge in [0.15, 0.2) is 0 Å². The molecule has 1 N–H and O–H groups in total. The van der Waals surface area contributed by atoms with Crippen LogP contribution in [-0.2, 0) is 25.4 Å². The number of hydrogen-bond acceptors (Lipinski definition) is 6. The first-order valence-electron chi connectivity index (χ1n) is 7.87. The first-order chi connectivity index (χ1) is 12.4. The first-order valence-corrected chi connectivity index (χ1v) is 8.86. The fourth-order valence-corrected chi connectivity index (χ4v) is 3.55. The molecule has 0 saturated heterocycles. The molecule has 3 heterocycles. The molecule has 3 aromatic rings. The normalized spacial score (nSPS) is 11.0. The number of thioether (sulfide) groups is 1. The lowest BCUT2D eigenvalue weighted by atomic mass is 10.2. The molecule has 0 aliphatic rings. The maximum Gasteiger partial charge on any atom is 0.332 e. The van der Waals surface area contributed by atoms with Crippen LogP contribution in [0.2, 0.25) is 0 Å². The van der Waals surface area contributed by atoms with Crippen molar-refractivity contribution < 1.29 is 9.21 Å². The van der Waals surface area contributed by atoms with Crippen molar-refractivity contribution in [2.75, 3.05) is 5.75 Å². The second kappa shape index (κ2) is 7.20. The van der Waals surface area contributed by atoms with Crippen molar-refractivity contribution in [2.24, 2.45) is 14.1 Å². The number of pyridine rings is 1. The number of furan rings is 1. The average molecular weight is 374 g/mol. The van der Waals surface area contributed by atoms with E-state index in [1.54, 1.807) is 31.6 Å². The maximum absolute atomic E-state index is 12.6. The summed E-state index contributed by atoms with van der Waals surface area (Å²) < 4.78 is 7.55. The third-order valence-corrected chi connectivity index (χ3v) is 5.21. The molecular weight excluding hydrogens is 356 g/mol. The fraction of sp³-hybridized carbons (Fsp3) is 0.294. The summed E-state index contributed by atoms with van der Waals surface area (Å²) in [6.07, 6.45) is 3.15. The van der Waals surface area contributed by atoms with Crippen molar-refractivity contribution in [3.05, 3.63) is 56.8 Å². The van der Waals surface area contributed by atoms with E-state index in [9.17, 15) is 14.4 Å². The molecule has 0 atom stereocenters. The van der Waals surface area contributed by atoms with Crippen LogP contribution < -0.4 is 16.6 Å². The predicted octanol–water partition coefficient (Wildman–Crippen LogP) is 0.942. The monoisotopic (exact) mass is 374 g/mol. The quantitative estimate of drug-likeness (QED) is 0.668. The lowest BCUT2D eigenvalue weighted by Gasteiger charge is -2.12. The van der Waals surface area contributed by atoms with E-state index in [0.717, 1.165) is 10.1 Å². The minimum absolute atomic E-state index is 0.132. The summed E-state index contributed by atoms with van der Waals surface area (Å²) in [5.74, 6) is 0.613. The summed E-state index contributed by atoms with van der Waals surface area (Å²) >= 11 is 1.25. The zero-order valence-corrected chi connectivity index (χ0v) is 15.4. The summed E-state index contributed by atoms with van der Waals surface area (Å²) in [6, 6.07) is 3.53. The molecule has 0 aliphatic heterocycles.